The van der Waals surface area contributed by atoms with Gasteiger partial charge in [0.1, 0.15) is 0 Å². The molecule has 4 heteroatoms. The van der Waals surface area contributed by atoms with Gasteiger partial charge in [0.15, 0.2) is 0 Å². The molecule has 4 nitrogen and oxygen atoms in total. The van der Waals surface area contributed by atoms with Gasteiger partial charge in [-0.15, -0.1) is 0 Å². The smallest absolute Gasteiger partial charge is 0.305 e. The van der Waals surface area contributed by atoms with Crippen molar-refractivity contribution in [3.63, 3.8) is 0 Å². The van der Waals surface area contributed by atoms with E-state index in [2.05, 4.69) is 31.3 Å². The zero-order valence-electron chi connectivity index (χ0n) is 11.7. The van der Waals surface area contributed by atoms with E-state index in [-0.39, 0.29) is 18.9 Å². The molecule has 0 aliphatic heterocycles. The summed E-state index contributed by atoms with van der Waals surface area (Å²) in [5, 5.41) is 11.1. The predicted molar refractivity (Wildman–Crippen MR) is 74.2 cm³/mol. The molecule has 0 saturated carbocycles. The first-order valence-electron chi connectivity index (χ1n) is 6.48. The number of carbonyl (C=O) groups is 2. The van der Waals surface area contributed by atoms with Gasteiger partial charge in [-0.1, -0.05) is 32.0 Å². The normalized spacial score (nSPS) is 10.5. The zero-order chi connectivity index (χ0) is 14.4. The first kappa shape index (κ1) is 15.2. The molecule has 1 amide bonds. The largest absolute Gasteiger partial charge is 0.481 e. The average Bonchev–Trinajstić information content (AvgIpc) is 2.31. The summed E-state index contributed by atoms with van der Waals surface area (Å²) in [6.45, 7) is 6.38. The molecule has 0 unspecified atom stereocenters. The van der Waals surface area contributed by atoms with Crippen molar-refractivity contribution in [2.24, 2.45) is 0 Å². The number of carboxylic acids is 1. The van der Waals surface area contributed by atoms with Crippen LogP contribution >= 0.6 is 0 Å². The number of nitrogens with one attached hydrogen (secondary N) is 1. The molecule has 1 aromatic carbocycles. The Kier molecular flexibility index (Phi) is 5.55. The van der Waals surface area contributed by atoms with Gasteiger partial charge in [0.25, 0.3) is 0 Å². The van der Waals surface area contributed by atoms with E-state index in [0.717, 1.165) is 11.1 Å². The lowest BCUT2D eigenvalue weighted by Crippen LogP contribution is -2.27. The monoisotopic (exact) mass is 263 g/mol. The Bertz CT molecular complexity index is 466. The second kappa shape index (κ2) is 6.92. The molecule has 0 aromatic heterocycles. The SMILES string of the molecule is Cc1ccc(C(C)C)cc1CC(=O)NCCC(=O)O. The van der Waals surface area contributed by atoms with Crippen LogP contribution in [-0.2, 0) is 16.0 Å². The van der Waals surface area contributed by atoms with Crippen LogP contribution in [0.2, 0.25) is 0 Å². The van der Waals surface area contributed by atoms with Crippen molar-refractivity contribution in [2.45, 2.75) is 39.5 Å². The van der Waals surface area contributed by atoms with Crippen molar-refractivity contribution in [2.75, 3.05) is 6.54 Å². The van der Waals surface area contributed by atoms with E-state index in [1.54, 1.807) is 0 Å². The van der Waals surface area contributed by atoms with E-state index in [9.17, 15) is 9.59 Å². The number of carbonyl (C=O) groups excluding carboxylic acids is 1. The first-order chi connectivity index (χ1) is 8.90. The number of amides is 1. The lowest BCUT2D eigenvalue weighted by molar-refractivity contribution is -0.136. The number of rotatable bonds is 6. The minimum absolute atomic E-state index is 0.0449. The number of hydrogen-bond donors (Lipinski definition) is 2. The highest BCUT2D eigenvalue weighted by Crippen LogP contribution is 2.18. The minimum Gasteiger partial charge on any atom is -0.481 e. The summed E-state index contributed by atoms with van der Waals surface area (Å²) < 4.78 is 0. The van der Waals surface area contributed by atoms with E-state index in [4.69, 9.17) is 5.11 Å². The third-order valence-electron chi connectivity index (χ3n) is 3.05. The van der Waals surface area contributed by atoms with E-state index < -0.39 is 5.97 Å². The highest BCUT2D eigenvalue weighted by atomic mass is 16.4. The molecule has 0 fully saturated rings. The fourth-order valence-corrected chi connectivity index (χ4v) is 1.79. The average molecular weight is 263 g/mol. The Balaban J connectivity index is 2.63. The van der Waals surface area contributed by atoms with Crippen molar-refractivity contribution < 1.29 is 14.7 Å². The number of aliphatic carboxylic acids is 1. The highest BCUT2D eigenvalue weighted by Gasteiger charge is 2.08. The molecular formula is C15H21NO3. The van der Waals surface area contributed by atoms with Crippen molar-refractivity contribution in [3.8, 4) is 0 Å². The summed E-state index contributed by atoms with van der Waals surface area (Å²) >= 11 is 0. The summed E-state index contributed by atoms with van der Waals surface area (Å²) in [7, 11) is 0. The molecule has 0 spiro atoms. The fraction of sp³-hybridized carbons (Fsp3) is 0.467. The second-order valence-corrected chi connectivity index (χ2v) is 5.01. The third-order valence-corrected chi connectivity index (χ3v) is 3.05. The molecule has 0 aliphatic rings. The zero-order valence-corrected chi connectivity index (χ0v) is 11.7. The predicted octanol–water partition coefficient (Wildman–Crippen LogP) is 2.25. The van der Waals surface area contributed by atoms with E-state index in [1.807, 2.05) is 13.0 Å². The van der Waals surface area contributed by atoms with E-state index in [0.29, 0.717) is 12.3 Å². The second-order valence-electron chi connectivity index (χ2n) is 5.01. The van der Waals surface area contributed by atoms with Crippen molar-refractivity contribution in [1.82, 2.24) is 5.32 Å². The Labute approximate surface area is 113 Å². The van der Waals surface area contributed by atoms with Gasteiger partial charge in [0.05, 0.1) is 12.8 Å². The Morgan fingerprint density at radius 1 is 1.32 bits per heavy atom. The summed E-state index contributed by atoms with van der Waals surface area (Å²) in [4.78, 5) is 22.1. The number of aryl methyl sites for hydroxylation is 1. The van der Waals surface area contributed by atoms with Crippen LogP contribution in [0, 0.1) is 6.92 Å². The number of benzene rings is 1. The van der Waals surface area contributed by atoms with E-state index in [1.165, 1.54) is 5.56 Å². The lowest BCUT2D eigenvalue weighted by Gasteiger charge is -2.11. The standard InChI is InChI=1S/C15H21NO3/c1-10(2)12-5-4-11(3)13(8-12)9-14(17)16-7-6-15(18)19/h4-5,8,10H,6-7,9H2,1-3H3,(H,16,17)(H,18,19). The molecule has 0 bridgehead atoms. The molecule has 0 atom stereocenters. The molecule has 1 aromatic rings. The maximum atomic E-state index is 11.7. The summed E-state index contributed by atoms with van der Waals surface area (Å²) in [6, 6.07) is 6.15. The summed E-state index contributed by atoms with van der Waals surface area (Å²) in [5.74, 6) is -0.613. The number of carboxylic acid groups (broad SMARTS) is 1. The fourth-order valence-electron chi connectivity index (χ4n) is 1.79. The van der Waals surface area contributed by atoms with Gasteiger partial charge in [0, 0.05) is 6.54 Å². The van der Waals surface area contributed by atoms with Crippen LogP contribution in [0.3, 0.4) is 0 Å². The molecule has 2 N–H and O–H groups in total. The van der Waals surface area contributed by atoms with Crippen LogP contribution in [0.4, 0.5) is 0 Å². The minimum atomic E-state index is -0.904. The molecular weight excluding hydrogens is 242 g/mol. The molecule has 0 heterocycles. The topological polar surface area (TPSA) is 66.4 Å². The van der Waals surface area contributed by atoms with Crippen molar-refractivity contribution >= 4 is 11.9 Å². The van der Waals surface area contributed by atoms with Gasteiger partial charge in [-0.2, -0.15) is 0 Å². The molecule has 1 rings (SSSR count). The summed E-state index contributed by atoms with van der Waals surface area (Å²) in [6.07, 6.45) is 0.253. The Hall–Kier alpha value is -1.84. The Morgan fingerprint density at radius 3 is 2.58 bits per heavy atom. The summed E-state index contributed by atoms with van der Waals surface area (Å²) in [5.41, 5.74) is 3.29. The quantitative estimate of drug-likeness (QED) is 0.827. The van der Waals surface area contributed by atoms with Crippen LogP contribution in [0.15, 0.2) is 18.2 Å². The molecule has 0 saturated heterocycles. The lowest BCUT2D eigenvalue weighted by atomic mass is 9.96. The van der Waals surface area contributed by atoms with Crippen molar-refractivity contribution in [1.29, 1.82) is 0 Å². The van der Waals surface area contributed by atoms with Gasteiger partial charge in [-0.25, -0.2) is 0 Å². The molecule has 19 heavy (non-hydrogen) atoms. The van der Waals surface area contributed by atoms with Gasteiger partial charge >= 0.3 is 5.97 Å². The van der Waals surface area contributed by atoms with E-state index >= 15 is 0 Å². The van der Waals surface area contributed by atoms with Crippen LogP contribution in [-0.4, -0.2) is 23.5 Å². The Morgan fingerprint density at radius 2 is 2.00 bits per heavy atom. The number of hydrogen-bond acceptors (Lipinski definition) is 2. The highest BCUT2D eigenvalue weighted by molar-refractivity contribution is 5.79. The van der Waals surface area contributed by atoms with Crippen LogP contribution in [0.25, 0.3) is 0 Å². The van der Waals surface area contributed by atoms with Crippen molar-refractivity contribution in [3.05, 3.63) is 34.9 Å². The first-order valence-corrected chi connectivity index (χ1v) is 6.48. The van der Waals surface area contributed by atoms with Gasteiger partial charge in [-0.05, 0) is 29.5 Å². The van der Waals surface area contributed by atoms with Crippen LogP contribution in [0.1, 0.15) is 42.9 Å². The maximum absolute atomic E-state index is 11.7. The third kappa shape index (κ3) is 5.12. The van der Waals surface area contributed by atoms with Gasteiger partial charge in [-0.3, -0.25) is 9.59 Å². The molecule has 104 valence electrons. The van der Waals surface area contributed by atoms with Crippen LogP contribution in [0.5, 0.6) is 0 Å². The van der Waals surface area contributed by atoms with Gasteiger partial charge in [0.2, 0.25) is 5.91 Å². The molecule has 0 radical (unpaired) electrons. The maximum Gasteiger partial charge on any atom is 0.305 e. The van der Waals surface area contributed by atoms with Crippen LogP contribution < -0.4 is 5.32 Å². The van der Waals surface area contributed by atoms with Gasteiger partial charge < -0.3 is 10.4 Å². The molecule has 0 aliphatic carbocycles.